The Hall–Kier alpha value is -10.4. The van der Waals surface area contributed by atoms with E-state index < -0.39 is 0 Å². The third kappa shape index (κ3) is 7.71. The summed E-state index contributed by atoms with van der Waals surface area (Å²) in [7, 11) is 0. The summed E-state index contributed by atoms with van der Waals surface area (Å²) in [6, 6.07) is 102. The Morgan fingerprint density at radius 1 is 0.208 bits per heavy atom. The van der Waals surface area contributed by atoms with Crippen molar-refractivity contribution in [1.29, 1.82) is 0 Å². The highest BCUT2D eigenvalue weighted by Crippen LogP contribution is 2.52. The van der Waals surface area contributed by atoms with Gasteiger partial charge in [0.2, 0.25) is 0 Å². The molecule has 13 aromatic rings. The Morgan fingerprint density at radius 3 is 0.818 bits per heavy atom. The zero-order valence-corrected chi connectivity index (χ0v) is 41.8. The number of rotatable bonds is 8. The molecule has 0 N–H and O–H groups in total. The molecule has 77 heavy (non-hydrogen) atoms. The largest absolute Gasteiger partial charge is 0.453 e. The minimum absolute atomic E-state index is 0.847. The molecule has 3 heterocycles. The Bertz CT molecular complexity index is 4020. The maximum Gasteiger partial charge on any atom is 0.151 e. The molecule has 0 atom stereocenters. The maximum absolute atomic E-state index is 6.28. The summed E-state index contributed by atoms with van der Waals surface area (Å²) in [6.07, 6.45) is 0. The van der Waals surface area contributed by atoms with Crippen LogP contribution < -0.4 is 19.3 Å². The van der Waals surface area contributed by atoms with E-state index in [0.717, 1.165) is 85.1 Å². The van der Waals surface area contributed by atoms with Gasteiger partial charge in [-0.1, -0.05) is 176 Å². The van der Waals surface area contributed by atoms with E-state index in [0.29, 0.717) is 0 Å². The molecule has 0 radical (unpaired) electrons. The van der Waals surface area contributed by atoms with Gasteiger partial charge in [0.25, 0.3) is 0 Å². The van der Waals surface area contributed by atoms with Crippen molar-refractivity contribution in [1.82, 2.24) is 4.57 Å². The standard InChI is InChI=1S/C72H47N3O2/c1-2-12-48(13-3-1)51-30-38-58(39-31-51)73-63-44-36-56(54-26-22-49(23-27-54)52-32-40-59(41-33-52)74-65-14-4-8-18-69(65)76-70-19-9-5-15-66(70)74)46-61(63)62-47-57(37-45-64(62)73)55-28-24-50(25-29-55)53-34-42-60(43-35-53)75-67-16-6-10-20-71(67)77-72-21-11-7-17-68(72)75/h1-47H. The van der Waals surface area contributed by atoms with Gasteiger partial charge >= 0.3 is 0 Å². The Labute approximate surface area is 447 Å². The molecular weight excluding hydrogens is 939 g/mol. The van der Waals surface area contributed by atoms with E-state index in [1.165, 1.54) is 55.2 Å². The van der Waals surface area contributed by atoms with Crippen LogP contribution in [0, 0.1) is 0 Å². The lowest BCUT2D eigenvalue weighted by Gasteiger charge is -2.32. The minimum atomic E-state index is 0.847. The van der Waals surface area contributed by atoms with Crippen LogP contribution in [0.1, 0.15) is 0 Å². The zero-order chi connectivity index (χ0) is 50.8. The van der Waals surface area contributed by atoms with Crippen LogP contribution in [0.3, 0.4) is 0 Å². The molecule has 362 valence electrons. The van der Waals surface area contributed by atoms with Crippen LogP contribution in [0.5, 0.6) is 23.0 Å². The molecule has 1 aromatic heterocycles. The Balaban J connectivity index is 0.751. The van der Waals surface area contributed by atoms with E-state index in [-0.39, 0.29) is 0 Å². The van der Waals surface area contributed by atoms with Gasteiger partial charge in [-0.15, -0.1) is 0 Å². The number of nitrogens with zero attached hydrogens (tertiary/aromatic N) is 3. The smallest absolute Gasteiger partial charge is 0.151 e. The number of anilines is 6. The topological polar surface area (TPSA) is 29.9 Å². The van der Waals surface area contributed by atoms with Crippen LogP contribution in [0.25, 0.3) is 83.1 Å². The third-order valence-electron chi connectivity index (χ3n) is 15.2. The van der Waals surface area contributed by atoms with Crippen LogP contribution >= 0.6 is 0 Å². The van der Waals surface area contributed by atoms with Crippen LogP contribution in [-0.4, -0.2) is 4.57 Å². The number of hydrogen-bond acceptors (Lipinski definition) is 4. The molecule has 0 fully saturated rings. The highest BCUT2D eigenvalue weighted by molar-refractivity contribution is 6.12. The van der Waals surface area contributed by atoms with Gasteiger partial charge in [0, 0.05) is 27.8 Å². The average Bonchev–Trinajstić information content (AvgIpc) is 3.88. The molecule has 0 amide bonds. The highest BCUT2D eigenvalue weighted by Gasteiger charge is 2.27. The van der Waals surface area contributed by atoms with Gasteiger partial charge in [0.1, 0.15) is 0 Å². The monoisotopic (exact) mass is 985 g/mol. The fourth-order valence-corrected chi connectivity index (χ4v) is 11.4. The van der Waals surface area contributed by atoms with Crippen molar-refractivity contribution in [3.05, 3.63) is 285 Å². The van der Waals surface area contributed by atoms with Crippen LogP contribution in [0.4, 0.5) is 34.1 Å². The molecule has 0 bridgehead atoms. The maximum atomic E-state index is 6.28. The van der Waals surface area contributed by atoms with Gasteiger partial charge in [-0.25, -0.2) is 0 Å². The summed E-state index contributed by atoms with van der Waals surface area (Å²) in [6.45, 7) is 0. The number of benzene rings is 12. The van der Waals surface area contributed by atoms with Gasteiger partial charge in [-0.2, -0.15) is 0 Å². The minimum Gasteiger partial charge on any atom is -0.453 e. The number of para-hydroxylation sites is 8. The van der Waals surface area contributed by atoms with Crippen molar-refractivity contribution in [2.45, 2.75) is 0 Å². The Kier molecular flexibility index (Phi) is 10.5. The van der Waals surface area contributed by atoms with E-state index >= 15 is 0 Å². The molecule has 0 unspecified atom stereocenters. The Morgan fingerprint density at radius 2 is 0.468 bits per heavy atom. The van der Waals surface area contributed by atoms with Crippen LogP contribution in [-0.2, 0) is 0 Å². The molecular formula is C72H47N3O2. The lowest BCUT2D eigenvalue weighted by molar-refractivity contribution is 0.477. The van der Waals surface area contributed by atoms with E-state index in [1.54, 1.807) is 0 Å². The number of ether oxygens (including phenoxy) is 2. The first kappa shape index (κ1) is 44.2. The number of hydrogen-bond donors (Lipinski definition) is 0. The number of fused-ring (bicyclic) bond motifs is 7. The predicted octanol–water partition coefficient (Wildman–Crippen LogP) is 20.3. The molecule has 12 aromatic carbocycles. The molecule has 0 saturated heterocycles. The second kappa shape index (κ2) is 18.2. The first-order valence-electron chi connectivity index (χ1n) is 26.1. The lowest BCUT2D eigenvalue weighted by Crippen LogP contribution is -2.15. The summed E-state index contributed by atoms with van der Waals surface area (Å²) >= 11 is 0. The second-order valence-electron chi connectivity index (χ2n) is 19.7. The van der Waals surface area contributed by atoms with Crippen molar-refractivity contribution in [2.75, 3.05) is 9.80 Å². The van der Waals surface area contributed by atoms with E-state index in [9.17, 15) is 0 Å². The predicted molar refractivity (Wildman–Crippen MR) is 317 cm³/mol. The molecule has 5 nitrogen and oxygen atoms in total. The summed E-state index contributed by atoms with van der Waals surface area (Å²) in [4.78, 5) is 4.55. The zero-order valence-electron chi connectivity index (χ0n) is 41.8. The fourth-order valence-electron chi connectivity index (χ4n) is 11.4. The average molecular weight is 986 g/mol. The SMILES string of the molecule is c1ccc(-c2ccc(-n3c4ccc(-c5ccc(-c6ccc(N7c8ccccc8Oc8ccccc87)cc6)cc5)cc4c4cc(-c5ccc(-c6ccc(N7c8ccccc8Oc8ccccc87)cc6)cc5)ccc43)cc2)cc1. The van der Waals surface area contributed by atoms with Gasteiger partial charge < -0.3 is 23.8 Å². The van der Waals surface area contributed by atoms with Crippen molar-refractivity contribution >= 4 is 55.9 Å². The summed E-state index contributed by atoms with van der Waals surface area (Å²) in [5.41, 5.74) is 21.4. The van der Waals surface area contributed by atoms with E-state index in [1.807, 2.05) is 48.5 Å². The fraction of sp³-hybridized carbons (Fsp3) is 0. The summed E-state index contributed by atoms with van der Waals surface area (Å²) < 4.78 is 15.0. The molecule has 15 rings (SSSR count). The van der Waals surface area contributed by atoms with Gasteiger partial charge in [0.05, 0.1) is 33.8 Å². The third-order valence-corrected chi connectivity index (χ3v) is 15.2. The van der Waals surface area contributed by atoms with Gasteiger partial charge in [-0.3, -0.25) is 0 Å². The van der Waals surface area contributed by atoms with Crippen LogP contribution in [0.15, 0.2) is 285 Å². The normalized spacial score (nSPS) is 12.3. The quantitative estimate of drug-likeness (QED) is 0.152. The van der Waals surface area contributed by atoms with Crippen molar-refractivity contribution in [3.63, 3.8) is 0 Å². The molecule has 2 aliphatic heterocycles. The van der Waals surface area contributed by atoms with Gasteiger partial charge in [-0.05, 0) is 165 Å². The highest BCUT2D eigenvalue weighted by atomic mass is 16.5. The first-order chi connectivity index (χ1) is 38.1. The second-order valence-corrected chi connectivity index (χ2v) is 19.7. The van der Waals surface area contributed by atoms with Gasteiger partial charge in [0.15, 0.2) is 23.0 Å². The number of aromatic nitrogens is 1. The lowest BCUT2D eigenvalue weighted by atomic mass is 9.97. The molecule has 0 spiro atoms. The summed E-state index contributed by atoms with van der Waals surface area (Å²) in [5, 5.41) is 2.42. The van der Waals surface area contributed by atoms with E-state index in [2.05, 4.69) is 251 Å². The van der Waals surface area contributed by atoms with Crippen molar-refractivity contribution < 1.29 is 9.47 Å². The molecule has 5 heteroatoms. The first-order valence-corrected chi connectivity index (χ1v) is 26.1. The summed E-state index contributed by atoms with van der Waals surface area (Å²) in [5.74, 6) is 3.39. The van der Waals surface area contributed by atoms with E-state index in [4.69, 9.17) is 9.47 Å². The molecule has 0 aliphatic carbocycles. The van der Waals surface area contributed by atoms with Crippen molar-refractivity contribution in [3.8, 4) is 84.3 Å². The van der Waals surface area contributed by atoms with Crippen LogP contribution in [0.2, 0.25) is 0 Å². The molecule has 2 aliphatic rings. The van der Waals surface area contributed by atoms with Crippen molar-refractivity contribution in [2.24, 2.45) is 0 Å². The molecule has 0 saturated carbocycles.